The van der Waals surface area contributed by atoms with E-state index >= 15 is 0 Å². The first-order chi connectivity index (χ1) is 15.6. The van der Waals surface area contributed by atoms with Crippen molar-refractivity contribution in [1.29, 1.82) is 0 Å². The Morgan fingerprint density at radius 3 is 2.12 bits per heavy atom. The van der Waals surface area contributed by atoms with Crippen LogP contribution in [-0.4, -0.2) is 29.6 Å². The number of urea groups is 1. The van der Waals surface area contributed by atoms with Gasteiger partial charge in [0.05, 0.1) is 6.10 Å². The minimum atomic E-state index is -0.0786. The molecule has 180 valence electrons. The van der Waals surface area contributed by atoms with Gasteiger partial charge in [0.15, 0.2) is 0 Å². The average Bonchev–Trinajstić information content (AvgIpc) is 2.67. The molecule has 0 aromatic heterocycles. The second kappa shape index (κ2) is 8.21. The predicted octanol–water partition coefficient (Wildman–Crippen LogP) is 5.38. The predicted molar refractivity (Wildman–Crippen MR) is 129 cm³/mol. The number of anilines is 1. The number of carbonyl (C=O) groups is 2. The summed E-state index contributed by atoms with van der Waals surface area (Å²) >= 11 is 0. The highest BCUT2D eigenvalue weighted by Gasteiger charge is 2.60. The van der Waals surface area contributed by atoms with Crippen LogP contribution in [0.5, 0.6) is 5.75 Å². The summed E-state index contributed by atoms with van der Waals surface area (Å²) in [5.74, 6) is 1.52. The maximum Gasteiger partial charge on any atom is 0.315 e. The second-order valence-corrected chi connectivity index (χ2v) is 12.3. The van der Waals surface area contributed by atoms with Crippen molar-refractivity contribution in [2.75, 3.05) is 5.32 Å². The third kappa shape index (κ3) is 4.99. The van der Waals surface area contributed by atoms with Crippen molar-refractivity contribution in [3.63, 3.8) is 0 Å². The molecule has 1 aromatic carbocycles. The van der Waals surface area contributed by atoms with E-state index in [1.165, 1.54) is 26.2 Å². The van der Waals surface area contributed by atoms with E-state index in [0.717, 1.165) is 62.3 Å². The fraction of sp³-hybridized carbons (Fsp3) is 0.704. The molecule has 0 aliphatic heterocycles. The first kappa shape index (κ1) is 22.5. The van der Waals surface area contributed by atoms with E-state index in [0.29, 0.717) is 10.8 Å². The molecular weight excluding hydrogens is 414 g/mol. The molecule has 5 aliphatic carbocycles. The monoisotopic (exact) mass is 453 g/mol. The zero-order valence-corrected chi connectivity index (χ0v) is 20.3. The summed E-state index contributed by atoms with van der Waals surface area (Å²) in [4.78, 5) is 24.2. The molecule has 4 atom stereocenters. The van der Waals surface area contributed by atoms with Gasteiger partial charge >= 0.3 is 6.03 Å². The number of rotatable bonds is 5. The zero-order chi connectivity index (χ0) is 23.3. The summed E-state index contributed by atoms with van der Waals surface area (Å²) in [5.41, 5.74) is 1.57. The van der Waals surface area contributed by atoms with Crippen LogP contribution in [0.3, 0.4) is 0 Å². The smallest absolute Gasteiger partial charge is 0.315 e. The van der Waals surface area contributed by atoms with Gasteiger partial charge in [-0.1, -0.05) is 13.8 Å². The Labute approximate surface area is 197 Å². The maximum absolute atomic E-state index is 13.0. The van der Waals surface area contributed by atoms with Crippen molar-refractivity contribution < 1.29 is 14.3 Å². The molecule has 6 nitrogen and oxygen atoms in total. The average molecular weight is 454 g/mol. The lowest BCUT2D eigenvalue weighted by Gasteiger charge is -2.65. The molecule has 33 heavy (non-hydrogen) atoms. The number of hydrogen-bond acceptors (Lipinski definition) is 3. The van der Waals surface area contributed by atoms with Crippen LogP contribution in [0, 0.1) is 16.7 Å². The van der Waals surface area contributed by atoms with E-state index in [4.69, 9.17) is 4.74 Å². The van der Waals surface area contributed by atoms with Gasteiger partial charge in [-0.15, -0.1) is 0 Å². The van der Waals surface area contributed by atoms with Crippen LogP contribution in [0.2, 0.25) is 0 Å². The highest BCUT2D eigenvalue weighted by molar-refractivity contribution is 5.88. The van der Waals surface area contributed by atoms with Gasteiger partial charge in [-0.05, 0) is 105 Å². The van der Waals surface area contributed by atoms with Crippen LogP contribution in [0.1, 0.15) is 85.0 Å². The lowest BCUT2D eigenvalue weighted by Crippen LogP contribution is -2.66. The highest BCUT2D eigenvalue weighted by atomic mass is 16.5. The Morgan fingerprint density at radius 2 is 1.55 bits per heavy atom. The van der Waals surface area contributed by atoms with Crippen molar-refractivity contribution in [3.8, 4) is 5.75 Å². The molecule has 0 saturated heterocycles. The Bertz CT molecular complexity index is 888. The first-order valence-corrected chi connectivity index (χ1v) is 12.7. The van der Waals surface area contributed by atoms with Crippen LogP contribution in [0.15, 0.2) is 24.3 Å². The van der Waals surface area contributed by atoms with Gasteiger partial charge in [0.25, 0.3) is 0 Å². The maximum atomic E-state index is 13.0. The molecule has 5 saturated carbocycles. The number of benzene rings is 1. The van der Waals surface area contributed by atoms with Crippen molar-refractivity contribution in [1.82, 2.24) is 10.6 Å². The minimum Gasteiger partial charge on any atom is -0.490 e. The molecule has 6 rings (SSSR count). The minimum absolute atomic E-state index is 0.00325. The summed E-state index contributed by atoms with van der Waals surface area (Å²) < 4.78 is 6.14. The molecule has 5 aliphatic rings. The van der Waals surface area contributed by atoms with Gasteiger partial charge in [0.1, 0.15) is 5.75 Å². The zero-order valence-electron chi connectivity index (χ0n) is 20.3. The molecule has 2 unspecified atom stereocenters. The van der Waals surface area contributed by atoms with E-state index in [1.807, 2.05) is 24.3 Å². The fourth-order valence-electron chi connectivity index (χ4n) is 8.39. The Morgan fingerprint density at radius 1 is 0.909 bits per heavy atom. The summed E-state index contributed by atoms with van der Waals surface area (Å²) in [7, 11) is 0. The Kier molecular flexibility index (Phi) is 5.61. The topological polar surface area (TPSA) is 79.5 Å². The van der Waals surface area contributed by atoms with Gasteiger partial charge in [0, 0.05) is 24.2 Å². The van der Waals surface area contributed by atoms with Crippen LogP contribution >= 0.6 is 0 Å². The summed E-state index contributed by atoms with van der Waals surface area (Å²) in [6, 6.07) is 7.76. The molecular formula is C27H39N3O3. The SMILES string of the molecule is CC(=O)Nc1ccc(OC2CCC(NC(=O)NC34CC5C[C@@](C)(C3)C[C@](C)(C5)C4)CC2)cc1. The summed E-state index contributed by atoms with van der Waals surface area (Å²) in [5, 5.41) is 9.53. The third-order valence-corrected chi connectivity index (χ3v) is 8.49. The Hall–Kier alpha value is -2.24. The molecule has 1 aromatic rings. The number of ether oxygens (including phenoxy) is 1. The highest BCUT2D eigenvalue weighted by Crippen LogP contribution is 2.66. The van der Waals surface area contributed by atoms with Crippen molar-refractivity contribution >= 4 is 17.6 Å². The van der Waals surface area contributed by atoms with Gasteiger partial charge in [-0.2, -0.15) is 0 Å². The molecule has 0 radical (unpaired) electrons. The van der Waals surface area contributed by atoms with Gasteiger partial charge in [0.2, 0.25) is 5.91 Å². The van der Waals surface area contributed by atoms with Crippen LogP contribution < -0.4 is 20.7 Å². The summed E-state index contributed by atoms with van der Waals surface area (Å²) in [6.07, 6.45) is 11.3. The van der Waals surface area contributed by atoms with Gasteiger partial charge in [-0.3, -0.25) is 4.79 Å². The standard InChI is InChI=1S/C27H39N3O3/c1-18(31)28-20-4-8-22(9-5-20)33-23-10-6-21(7-11-23)29-24(32)30-27-14-19-12-25(2,16-27)15-26(3,13-19)17-27/h4-5,8-9,19,21,23H,6-7,10-17H2,1-3H3,(H,28,31)(H2,29,30,32)/t19?,21?,23?,25-,26+,27?. The molecule has 3 amide bonds. The quantitative estimate of drug-likeness (QED) is 0.560. The molecule has 0 heterocycles. The van der Waals surface area contributed by atoms with Crippen molar-refractivity contribution in [3.05, 3.63) is 24.3 Å². The van der Waals surface area contributed by atoms with E-state index in [1.54, 1.807) is 0 Å². The molecule has 3 N–H and O–H groups in total. The fourth-order valence-corrected chi connectivity index (χ4v) is 8.39. The van der Waals surface area contributed by atoms with Crippen molar-refractivity contribution in [2.45, 2.75) is 103 Å². The van der Waals surface area contributed by atoms with E-state index < -0.39 is 0 Å². The van der Waals surface area contributed by atoms with Crippen LogP contribution in [-0.2, 0) is 4.79 Å². The lowest BCUT2D eigenvalue weighted by molar-refractivity contribution is -0.114. The van der Waals surface area contributed by atoms with Crippen LogP contribution in [0.4, 0.5) is 10.5 Å². The number of nitrogens with one attached hydrogen (secondary N) is 3. The van der Waals surface area contributed by atoms with Crippen LogP contribution in [0.25, 0.3) is 0 Å². The molecule has 0 spiro atoms. The number of hydrogen-bond donors (Lipinski definition) is 3. The van der Waals surface area contributed by atoms with E-state index in [2.05, 4.69) is 29.8 Å². The number of amides is 3. The largest absolute Gasteiger partial charge is 0.490 e. The molecule has 5 fully saturated rings. The second-order valence-electron chi connectivity index (χ2n) is 12.3. The van der Waals surface area contributed by atoms with Gasteiger partial charge in [-0.25, -0.2) is 4.79 Å². The third-order valence-electron chi connectivity index (χ3n) is 8.49. The molecule has 4 bridgehead atoms. The lowest BCUT2D eigenvalue weighted by atomic mass is 9.43. The molecule has 6 heteroatoms. The Balaban J connectivity index is 1.09. The normalized spacial score (nSPS) is 39.1. The first-order valence-electron chi connectivity index (χ1n) is 12.7. The van der Waals surface area contributed by atoms with E-state index in [9.17, 15) is 9.59 Å². The number of carbonyl (C=O) groups excluding carboxylic acids is 2. The summed E-state index contributed by atoms with van der Waals surface area (Å²) in [6.45, 7) is 6.39. The van der Waals surface area contributed by atoms with Crippen molar-refractivity contribution in [2.24, 2.45) is 16.7 Å². The van der Waals surface area contributed by atoms with Gasteiger partial charge < -0.3 is 20.7 Å². The van der Waals surface area contributed by atoms with E-state index in [-0.39, 0.29) is 29.6 Å².